The second-order valence-corrected chi connectivity index (χ2v) is 5.85. The van der Waals surface area contributed by atoms with Crippen LogP contribution in [0.25, 0.3) is 5.65 Å². The molecule has 1 aliphatic heterocycles. The quantitative estimate of drug-likeness (QED) is 0.906. The summed E-state index contributed by atoms with van der Waals surface area (Å²) in [6.45, 7) is 8.49. The van der Waals surface area contributed by atoms with Crippen molar-refractivity contribution in [3.8, 4) is 0 Å². The summed E-state index contributed by atoms with van der Waals surface area (Å²) in [5.41, 5.74) is 0.868. The van der Waals surface area contributed by atoms with Gasteiger partial charge in [-0.2, -0.15) is 0 Å². The molecule has 1 unspecified atom stereocenters. The van der Waals surface area contributed by atoms with Gasteiger partial charge in [0.15, 0.2) is 5.82 Å². The van der Waals surface area contributed by atoms with Crippen LogP contribution in [0, 0.1) is 12.8 Å². The summed E-state index contributed by atoms with van der Waals surface area (Å²) in [5, 5.41) is 12.0. The van der Waals surface area contributed by atoms with Gasteiger partial charge in [-0.25, -0.2) is 4.98 Å². The van der Waals surface area contributed by atoms with Crippen molar-refractivity contribution in [1.82, 2.24) is 24.9 Å². The lowest BCUT2D eigenvalue weighted by Crippen LogP contribution is -2.39. The lowest BCUT2D eigenvalue weighted by atomic mass is 9.99. The number of piperidine rings is 1. The highest BCUT2D eigenvalue weighted by atomic mass is 15.3. The first-order valence-electron chi connectivity index (χ1n) is 7.91. The molecular weight excluding hydrogens is 264 g/mol. The van der Waals surface area contributed by atoms with Gasteiger partial charge in [0, 0.05) is 25.5 Å². The molecule has 1 fully saturated rings. The maximum Gasteiger partial charge on any atom is 0.203 e. The predicted molar refractivity (Wildman–Crippen MR) is 83.6 cm³/mol. The van der Waals surface area contributed by atoms with Gasteiger partial charge in [0.1, 0.15) is 5.82 Å². The molecule has 6 heteroatoms. The monoisotopic (exact) mass is 288 g/mol. The van der Waals surface area contributed by atoms with Crippen molar-refractivity contribution in [2.75, 3.05) is 31.1 Å². The Bertz CT molecular complexity index is 587. The summed E-state index contributed by atoms with van der Waals surface area (Å²) in [4.78, 5) is 6.96. The smallest absolute Gasteiger partial charge is 0.203 e. The summed E-state index contributed by atoms with van der Waals surface area (Å²) in [7, 11) is 0. The number of aryl methyl sites for hydroxylation is 1. The van der Waals surface area contributed by atoms with Crippen LogP contribution in [0.3, 0.4) is 0 Å². The minimum absolute atomic E-state index is 0.691. The normalized spacial score (nSPS) is 19.0. The molecule has 1 saturated heterocycles. The van der Waals surface area contributed by atoms with Crippen LogP contribution in [-0.2, 0) is 0 Å². The molecule has 0 saturated carbocycles. The summed E-state index contributed by atoms with van der Waals surface area (Å²) in [5.74, 6) is 2.56. The van der Waals surface area contributed by atoms with Gasteiger partial charge in [-0.05, 0) is 45.2 Å². The van der Waals surface area contributed by atoms with Gasteiger partial charge in [0.2, 0.25) is 5.65 Å². The average Bonchev–Trinajstić information content (AvgIpc) is 2.90. The van der Waals surface area contributed by atoms with Gasteiger partial charge in [-0.1, -0.05) is 6.92 Å². The van der Waals surface area contributed by atoms with E-state index in [-0.39, 0.29) is 0 Å². The highest BCUT2D eigenvalue weighted by Crippen LogP contribution is 2.21. The minimum atomic E-state index is 0.691. The molecule has 21 heavy (non-hydrogen) atoms. The number of anilines is 1. The zero-order valence-corrected chi connectivity index (χ0v) is 12.9. The van der Waals surface area contributed by atoms with E-state index in [0.717, 1.165) is 49.9 Å². The van der Waals surface area contributed by atoms with Crippen LogP contribution < -0.4 is 10.2 Å². The molecule has 6 nitrogen and oxygen atoms in total. The highest BCUT2D eigenvalue weighted by molar-refractivity contribution is 5.63. The molecule has 2 aromatic heterocycles. The molecule has 3 rings (SSSR count). The van der Waals surface area contributed by atoms with Gasteiger partial charge in [0.05, 0.1) is 0 Å². The van der Waals surface area contributed by atoms with E-state index < -0.39 is 0 Å². The van der Waals surface area contributed by atoms with Crippen molar-refractivity contribution in [2.24, 2.45) is 5.92 Å². The first-order chi connectivity index (χ1) is 10.3. The van der Waals surface area contributed by atoms with Gasteiger partial charge >= 0.3 is 0 Å². The van der Waals surface area contributed by atoms with E-state index in [2.05, 4.69) is 32.3 Å². The van der Waals surface area contributed by atoms with Crippen molar-refractivity contribution < 1.29 is 0 Å². The maximum absolute atomic E-state index is 4.59. The maximum atomic E-state index is 4.59. The third-order valence-corrected chi connectivity index (χ3v) is 4.15. The highest BCUT2D eigenvalue weighted by Gasteiger charge is 2.20. The van der Waals surface area contributed by atoms with E-state index in [1.54, 1.807) is 0 Å². The molecule has 1 atom stereocenters. The van der Waals surface area contributed by atoms with E-state index >= 15 is 0 Å². The summed E-state index contributed by atoms with van der Waals surface area (Å²) >= 11 is 0. The SMILES string of the molecule is CCCN(CC1CCCNC1)c1nccn2c(C)nnc12. The number of nitrogens with zero attached hydrogens (tertiary/aromatic N) is 5. The second-order valence-electron chi connectivity index (χ2n) is 5.85. The van der Waals surface area contributed by atoms with Crippen LogP contribution in [0.5, 0.6) is 0 Å². The number of hydrogen-bond acceptors (Lipinski definition) is 5. The van der Waals surface area contributed by atoms with Crippen molar-refractivity contribution in [3.05, 3.63) is 18.2 Å². The fourth-order valence-electron chi connectivity index (χ4n) is 3.10. The Hall–Kier alpha value is -1.69. The standard InChI is InChI=1S/C15H24N6/c1-3-8-20(11-13-5-4-6-16-10-13)14-15-19-18-12(2)21(15)9-7-17-14/h7,9,13,16H,3-6,8,10-11H2,1-2H3. The molecule has 0 aliphatic carbocycles. The van der Waals surface area contributed by atoms with Crippen LogP contribution in [0.4, 0.5) is 5.82 Å². The Morgan fingerprint density at radius 1 is 1.43 bits per heavy atom. The number of fused-ring (bicyclic) bond motifs is 1. The summed E-state index contributed by atoms with van der Waals surface area (Å²) in [6.07, 6.45) is 7.45. The molecule has 1 aliphatic rings. The lowest BCUT2D eigenvalue weighted by molar-refractivity contribution is 0.376. The average molecular weight is 288 g/mol. The van der Waals surface area contributed by atoms with Crippen LogP contribution in [0.1, 0.15) is 32.0 Å². The van der Waals surface area contributed by atoms with Crippen LogP contribution in [-0.4, -0.2) is 45.8 Å². The van der Waals surface area contributed by atoms with Crippen LogP contribution in [0.2, 0.25) is 0 Å². The second kappa shape index (κ2) is 6.39. The molecule has 1 N–H and O–H groups in total. The predicted octanol–water partition coefficient (Wildman–Crippen LogP) is 1.65. The first kappa shape index (κ1) is 14.3. The van der Waals surface area contributed by atoms with Gasteiger partial charge in [-0.15, -0.1) is 10.2 Å². The fourth-order valence-corrected chi connectivity index (χ4v) is 3.10. The molecule has 0 bridgehead atoms. The van der Waals surface area contributed by atoms with E-state index in [0.29, 0.717) is 5.92 Å². The van der Waals surface area contributed by atoms with Gasteiger partial charge in [-0.3, -0.25) is 4.40 Å². The number of rotatable bonds is 5. The molecule has 0 amide bonds. The van der Waals surface area contributed by atoms with Crippen molar-refractivity contribution in [2.45, 2.75) is 33.1 Å². The molecule has 0 radical (unpaired) electrons. The first-order valence-corrected chi connectivity index (χ1v) is 7.91. The molecule has 0 spiro atoms. The Morgan fingerprint density at radius 3 is 3.10 bits per heavy atom. The number of aromatic nitrogens is 4. The zero-order valence-electron chi connectivity index (χ0n) is 12.9. The van der Waals surface area contributed by atoms with Gasteiger partial charge < -0.3 is 10.2 Å². The number of hydrogen-bond donors (Lipinski definition) is 1. The Morgan fingerprint density at radius 2 is 2.33 bits per heavy atom. The van der Waals surface area contributed by atoms with E-state index in [9.17, 15) is 0 Å². The fraction of sp³-hybridized carbons (Fsp3) is 0.667. The topological polar surface area (TPSA) is 58.4 Å². The third-order valence-electron chi connectivity index (χ3n) is 4.15. The Labute approximate surface area is 125 Å². The molecule has 0 aromatic carbocycles. The minimum Gasteiger partial charge on any atom is -0.353 e. The molecule has 114 valence electrons. The molecular formula is C15H24N6. The summed E-state index contributed by atoms with van der Waals surface area (Å²) < 4.78 is 2.02. The van der Waals surface area contributed by atoms with Crippen molar-refractivity contribution >= 4 is 11.5 Å². The van der Waals surface area contributed by atoms with E-state index in [4.69, 9.17) is 0 Å². The Balaban J connectivity index is 1.87. The van der Waals surface area contributed by atoms with Crippen molar-refractivity contribution in [3.63, 3.8) is 0 Å². The largest absolute Gasteiger partial charge is 0.353 e. The lowest BCUT2D eigenvalue weighted by Gasteiger charge is -2.30. The Kier molecular flexibility index (Phi) is 4.34. The van der Waals surface area contributed by atoms with Crippen LogP contribution in [0.15, 0.2) is 12.4 Å². The molecule has 3 heterocycles. The van der Waals surface area contributed by atoms with E-state index in [1.165, 1.54) is 12.8 Å². The number of nitrogens with one attached hydrogen (secondary N) is 1. The summed E-state index contributed by atoms with van der Waals surface area (Å²) in [6, 6.07) is 0. The zero-order chi connectivity index (χ0) is 14.7. The van der Waals surface area contributed by atoms with Gasteiger partial charge in [0.25, 0.3) is 0 Å². The third kappa shape index (κ3) is 3.00. The van der Waals surface area contributed by atoms with Crippen LogP contribution >= 0.6 is 0 Å². The molecule has 2 aromatic rings. The van der Waals surface area contributed by atoms with E-state index in [1.807, 2.05) is 23.7 Å². The van der Waals surface area contributed by atoms with Crippen molar-refractivity contribution in [1.29, 1.82) is 0 Å².